The van der Waals surface area contributed by atoms with E-state index in [1.165, 1.54) is 0 Å². The van der Waals surface area contributed by atoms with Gasteiger partial charge in [0.15, 0.2) is 0 Å². The molecule has 11 heavy (non-hydrogen) atoms. The van der Waals surface area contributed by atoms with Crippen LogP contribution in [0.4, 0.5) is 0 Å². The Bertz CT molecular complexity index is 156. The van der Waals surface area contributed by atoms with E-state index in [-0.39, 0.29) is 0 Å². The molecule has 0 spiro atoms. The van der Waals surface area contributed by atoms with Crippen molar-refractivity contribution in [3.8, 4) is 0 Å². The SMILES string of the molecule is CCCCC(N)C(=O)C(=O)O. The molecule has 0 bridgehead atoms. The molecule has 0 aliphatic rings. The number of carboxylic acids is 1. The molecule has 0 saturated carbocycles. The van der Waals surface area contributed by atoms with Gasteiger partial charge in [-0.2, -0.15) is 0 Å². The minimum absolute atomic E-state index is 0.460. The lowest BCUT2D eigenvalue weighted by Crippen LogP contribution is -2.35. The number of carbonyl (C=O) groups is 2. The van der Waals surface area contributed by atoms with Gasteiger partial charge in [0.1, 0.15) is 0 Å². The Morgan fingerprint density at radius 2 is 2.09 bits per heavy atom. The van der Waals surface area contributed by atoms with Crippen LogP contribution in [-0.4, -0.2) is 22.9 Å². The van der Waals surface area contributed by atoms with Gasteiger partial charge in [-0.15, -0.1) is 0 Å². The quantitative estimate of drug-likeness (QED) is 0.560. The molecule has 0 aromatic rings. The van der Waals surface area contributed by atoms with Gasteiger partial charge in [0.2, 0.25) is 0 Å². The summed E-state index contributed by atoms with van der Waals surface area (Å²) >= 11 is 0. The van der Waals surface area contributed by atoms with E-state index in [1.54, 1.807) is 0 Å². The number of rotatable bonds is 5. The Kier molecular flexibility index (Phi) is 4.45. The van der Waals surface area contributed by atoms with Crippen molar-refractivity contribution in [2.45, 2.75) is 32.2 Å². The highest BCUT2D eigenvalue weighted by atomic mass is 16.4. The van der Waals surface area contributed by atoms with Crippen LogP contribution in [0.5, 0.6) is 0 Å². The van der Waals surface area contributed by atoms with Gasteiger partial charge in [-0.25, -0.2) is 4.79 Å². The lowest BCUT2D eigenvalue weighted by atomic mass is 10.1. The summed E-state index contributed by atoms with van der Waals surface area (Å²) in [5.74, 6) is -2.33. The Balaban J connectivity index is 3.73. The lowest BCUT2D eigenvalue weighted by Gasteiger charge is -2.04. The summed E-state index contributed by atoms with van der Waals surface area (Å²) in [6.45, 7) is 1.96. The smallest absolute Gasteiger partial charge is 0.373 e. The number of hydrogen-bond acceptors (Lipinski definition) is 3. The van der Waals surface area contributed by atoms with Gasteiger partial charge >= 0.3 is 5.97 Å². The molecule has 0 aromatic carbocycles. The van der Waals surface area contributed by atoms with Crippen LogP contribution in [0.2, 0.25) is 0 Å². The lowest BCUT2D eigenvalue weighted by molar-refractivity contribution is -0.149. The van der Waals surface area contributed by atoms with Crippen LogP contribution in [0.3, 0.4) is 0 Å². The van der Waals surface area contributed by atoms with Crippen LogP contribution >= 0.6 is 0 Å². The zero-order valence-corrected chi connectivity index (χ0v) is 6.54. The summed E-state index contributed by atoms with van der Waals surface area (Å²) in [4.78, 5) is 20.7. The Hall–Kier alpha value is -0.900. The first-order valence-electron chi connectivity index (χ1n) is 3.62. The van der Waals surface area contributed by atoms with Crippen LogP contribution in [0.15, 0.2) is 0 Å². The van der Waals surface area contributed by atoms with Crippen LogP contribution in [-0.2, 0) is 9.59 Å². The second-order valence-electron chi connectivity index (χ2n) is 2.42. The third-order valence-electron chi connectivity index (χ3n) is 1.42. The first-order chi connectivity index (χ1) is 5.09. The number of aliphatic carboxylic acids is 1. The molecule has 4 nitrogen and oxygen atoms in total. The number of ketones is 1. The Morgan fingerprint density at radius 1 is 1.55 bits per heavy atom. The van der Waals surface area contributed by atoms with Crippen molar-refractivity contribution in [3.05, 3.63) is 0 Å². The number of nitrogens with two attached hydrogens (primary N) is 1. The van der Waals surface area contributed by atoms with Crippen LogP contribution in [0.25, 0.3) is 0 Å². The highest BCUT2D eigenvalue weighted by Gasteiger charge is 2.19. The Morgan fingerprint density at radius 3 is 2.45 bits per heavy atom. The van der Waals surface area contributed by atoms with E-state index in [1.807, 2.05) is 6.92 Å². The largest absolute Gasteiger partial charge is 0.475 e. The van der Waals surface area contributed by atoms with Crippen molar-refractivity contribution in [1.29, 1.82) is 0 Å². The first kappa shape index (κ1) is 10.1. The number of Topliss-reactive ketones (excluding diaryl/α,β-unsaturated/α-hetero) is 1. The normalized spacial score (nSPS) is 12.5. The van der Waals surface area contributed by atoms with E-state index in [2.05, 4.69) is 0 Å². The molecule has 0 aliphatic heterocycles. The average molecular weight is 159 g/mol. The minimum atomic E-state index is -1.44. The van der Waals surface area contributed by atoms with E-state index >= 15 is 0 Å². The van der Waals surface area contributed by atoms with Gasteiger partial charge in [0.05, 0.1) is 6.04 Å². The molecule has 0 aromatic heterocycles. The molecular weight excluding hydrogens is 146 g/mol. The third kappa shape index (κ3) is 3.72. The molecule has 3 N–H and O–H groups in total. The molecule has 0 radical (unpaired) electrons. The van der Waals surface area contributed by atoms with Gasteiger partial charge in [-0.05, 0) is 6.42 Å². The van der Waals surface area contributed by atoms with Crippen LogP contribution in [0.1, 0.15) is 26.2 Å². The van der Waals surface area contributed by atoms with Gasteiger partial charge in [-0.3, -0.25) is 4.79 Å². The molecule has 1 atom stereocenters. The predicted molar refractivity (Wildman–Crippen MR) is 40.1 cm³/mol. The van der Waals surface area contributed by atoms with E-state index in [0.717, 1.165) is 12.8 Å². The molecule has 0 fully saturated rings. The fourth-order valence-electron chi connectivity index (χ4n) is 0.714. The maximum absolute atomic E-state index is 10.6. The molecule has 64 valence electrons. The van der Waals surface area contributed by atoms with Gasteiger partial charge in [0.25, 0.3) is 5.78 Å². The number of carbonyl (C=O) groups excluding carboxylic acids is 1. The zero-order chi connectivity index (χ0) is 8.85. The van der Waals surface area contributed by atoms with Crippen molar-refractivity contribution >= 4 is 11.8 Å². The van der Waals surface area contributed by atoms with E-state index < -0.39 is 17.8 Å². The van der Waals surface area contributed by atoms with Gasteiger partial charge < -0.3 is 10.8 Å². The average Bonchev–Trinajstić information content (AvgIpc) is 1.98. The second kappa shape index (κ2) is 4.85. The second-order valence-corrected chi connectivity index (χ2v) is 2.42. The maximum Gasteiger partial charge on any atom is 0.373 e. The summed E-state index contributed by atoms with van der Waals surface area (Å²) in [5, 5.41) is 8.22. The van der Waals surface area contributed by atoms with Crippen molar-refractivity contribution in [1.82, 2.24) is 0 Å². The fourth-order valence-corrected chi connectivity index (χ4v) is 0.714. The molecule has 0 aliphatic carbocycles. The summed E-state index contributed by atoms with van der Waals surface area (Å²) in [7, 11) is 0. The van der Waals surface area contributed by atoms with Crippen LogP contribution < -0.4 is 5.73 Å². The highest BCUT2D eigenvalue weighted by Crippen LogP contribution is 1.98. The summed E-state index contributed by atoms with van der Waals surface area (Å²) in [6.07, 6.45) is 2.17. The fraction of sp³-hybridized carbons (Fsp3) is 0.714. The number of unbranched alkanes of at least 4 members (excludes halogenated alkanes) is 1. The van der Waals surface area contributed by atoms with E-state index in [9.17, 15) is 9.59 Å². The van der Waals surface area contributed by atoms with Crippen LogP contribution in [0, 0.1) is 0 Å². The molecule has 0 heterocycles. The highest BCUT2D eigenvalue weighted by molar-refractivity contribution is 6.34. The zero-order valence-electron chi connectivity index (χ0n) is 6.54. The topological polar surface area (TPSA) is 80.4 Å². The van der Waals surface area contributed by atoms with Crippen molar-refractivity contribution < 1.29 is 14.7 Å². The molecule has 4 heteroatoms. The summed E-state index contributed by atoms with van der Waals surface area (Å²) in [5.41, 5.74) is 5.27. The molecule has 0 amide bonds. The Labute approximate surface area is 65.4 Å². The first-order valence-corrected chi connectivity index (χ1v) is 3.62. The molecule has 0 rings (SSSR count). The van der Waals surface area contributed by atoms with E-state index in [4.69, 9.17) is 10.8 Å². The van der Waals surface area contributed by atoms with Gasteiger partial charge in [-0.1, -0.05) is 19.8 Å². The van der Waals surface area contributed by atoms with Crippen molar-refractivity contribution in [3.63, 3.8) is 0 Å². The molecule has 1 unspecified atom stereocenters. The monoisotopic (exact) mass is 159 g/mol. The molecule has 0 saturated heterocycles. The standard InChI is InChI=1S/C7H13NO3/c1-2-3-4-5(8)6(9)7(10)11/h5H,2-4,8H2,1H3,(H,10,11). The third-order valence-corrected chi connectivity index (χ3v) is 1.42. The number of hydrogen-bond donors (Lipinski definition) is 2. The summed E-state index contributed by atoms with van der Waals surface area (Å²) in [6, 6.07) is -0.826. The number of carboxylic acid groups (broad SMARTS) is 1. The maximum atomic E-state index is 10.6. The van der Waals surface area contributed by atoms with E-state index in [0.29, 0.717) is 6.42 Å². The predicted octanol–water partition coefficient (Wildman–Crippen LogP) is 0.158. The summed E-state index contributed by atoms with van der Waals surface area (Å²) < 4.78 is 0. The van der Waals surface area contributed by atoms with Crippen molar-refractivity contribution in [2.24, 2.45) is 5.73 Å². The minimum Gasteiger partial charge on any atom is -0.475 e. The van der Waals surface area contributed by atoms with Crippen molar-refractivity contribution in [2.75, 3.05) is 0 Å². The van der Waals surface area contributed by atoms with Gasteiger partial charge in [0, 0.05) is 0 Å². The molecular formula is C7H13NO3.